The third-order valence-corrected chi connectivity index (χ3v) is 2.50. The lowest BCUT2D eigenvalue weighted by Gasteiger charge is -2.09. The molecule has 1 aromatic carbocycles. The largest absolute Gasteiger partial charge is 0.489 e. The number of hydrogen-bond acceptors (Lipinski definition) is 7. The zero-order valence-electron chi connectivity index (χ0n) is 11.9. The summed E-state index contributed by atoms with van der Waals surface area (Å²) < 4.78 is 20.7. The van der Waals surface area contributed by atoms with E-state index in [0.717, 1.165) is 0 Å². The summed E-state index contributed by atoms with van der Waals surface area (Å²) in [6, 6.07) is 4.07. The van der Waals surface area contributed by atoms with Crippen LogP contribution in [0.3, 0.4) is 0 Å². The number of methoxy groups -OCH3 is 1. The summed E-state index contributed by atoms with van der Waals surface area (Å²) >= 11 is 0. The smallest absolute Gasteiger partial charge is 0.273 e. The lowest BCUT2D eigenvalue weighted by Crippen LogP contribution is -2.12. The summed E-state index contributed by atoms with van der Waals surface area (Å²) in [6.07, 6.45) is 0. The molecule has 0 aromatic heterocycles. The van der Waals surface area contributed by atoms with Crippen LogP contribution < -0.4 is 10.5 Å². The van der Waals surface area contributed by atoms with Crippen LogP contribution in [-0.2, 0) is 14.2 Å². The van der Waals surface area contributed by atoms with Crippen molar-refractivity contribution >= 4 is 11.4 Å². The summed E-state index contributed by atoms with van der Waals surface area (Å²) in [5.74, 6) is 0.282. The monoisotopic (exact) mass is 300 g/mol. The maximum absolute atomic E-state index is 10.6. The van der Waals surface area contributed by atoms with Crippen molar-refractivity contribution in [3.8, 4) is 5.75 Å². The quantitative estimate of drug-likeness (QED) is 0.283. The SMILES string of the molecule is COCCOCCOCCOc1cc([N+](=O)[O-])ccc1N. The average Bonchev–Trinajstić information content (AvgIpc) is 2.47. The summed E-state index contributed by atoms with van der Waals surface area (Å²) in [4.78, 5) is 10.1. The average molecular weight is 300 g/mol. The highest BCUT2D eigenvalue weighted by molar-refractivity contribution is 5.57. The first-order valence-electron chi connectivity index (χ1n) is 6.46. The lowest BCUT2D eigenvalue weighted by atomic mass is 10.2. The molecule has 0 saturated carbocycles. The lowest BCUT2D eigenvalue weighted by molar-refractivity contribution is -0.384. The number of nitro benzene ring substituents is 1. The van der Waals surface area contributed by atoms with Gasteiger partial charge >= 0.3 is 0 Å². The van der Waals surface area contributed by atoms with Gasteiger partial charge in [-0.1, -0.05) is 0 Å². The first-order valence-corrected chi connectivity index (χ1v) is 6.46. The molecule has 0 bridgehead atoms. The number of nitro groups is 1. The zero-order valence-corrected chi connectivity index (χ0v) is 11.9. The Labute approximate surface area is 122 Å². The number of hydrogen-bond donors (Lipinski definition) is 1. The van der Waals surface area contributed by atoms with E-state index >= 15 is 0 Å². The second-order valence-corrected chi connectivity index (χ2v) is 4.05. The van der Waals surface area contributed by atoms with E-state index < -0.39 is 4.92 Å². The fourth-order valence-corrected chi connectivity index (χ4v) is 1.44. The van der Waals surface area contributed by atoms with Crippen molar-refractivity contribution in [2.24, 2.45) is 0 Å². The molecule has 0 spiro atoms. The van der Waals surface area contributed by atoms with Crippen molar-refractivity contribution < 1.29 is 23.9 Å². The van der Waals surface area contributed by atoms with Gasteiger partial charge in [0.25, 0.3) is 5.69 Å². The van der Waals surface area contributed by atoms with Gasteiger partial charge in [-0.25, -0.2) is 0 Å². The second kappa shape index (κ2) is 9.92. The minimum Gasteiger partial charge on any atom is -0.489 e. The third kappa shape index (κ3) is 6.89. The number of nitrogens with zero attached hydrogens (tertiary/aromatic N) is 1. The number of non-ortho nitro benzene ring substituents is 1. The van der Waals surface area contributed by atoms with Crippen LogP contribution in [0.15, 0.2) is 18.2 Å². The van der Waals surface area contributed by atoms with Gasteiger partial charge in [0.2, 0.25) is 0 Å². The Kier molecular flexibility index (Phi) is 8.10. The molecule has 2 N–H and O–H groups in total. The topological polar surface area (TPSA) is 106 Å². The highest BCUT2D eigenvalue weighted by atomic mass is 16.6. The van der Waals surface area contributed by atoms with Crippen LogP contribution in [0.4, 0.5) is 11.4 Å². The van der Waals surface area contributed by atoms with Crippen LogP contribution in [0.5, 0.6) is 5.75 Å². The molecule has 0 atom stereocenters. The second-order valence-electron chi connectivity index (χ2n) is 4.05. The van der Waals surface area contributed by atoms with E-state index in [1.165, 1.54) is 18.2 Å². The van der Waals surface area contributed by atoms with E-state index in [0.29, 0.717) is 38.7 Å². The fourth-order valence-electron chi connectivity index (χ4n) is 1.44. The molecule has 8 nitrogen and oxygen atoms in total. The first-order chi connectivity index (χ1) is 10.1. The van der Waals surface area contributed by atoms with Gasteiger partial charge in [0.15, 0.2) is 0 Å². The first kappa shape index (κ1) is 17.2. The summed E-state index contributed by atoms with van der Waals surface area (Å²) in [5.41, 5.74) is 5.97. The molecule has 0 aliphatic rings. The van der Waals surface area contributed by atoms with Crippen LogP contribution in [0.1, 0.15) is 0 Å². The van der Waals surface area contributed by atoms with Crippen molar-refractivity contribution in [1.29, 1.82) is 0 Å². The van der Waals surface area contributed by atoms with Crippen molar-refractivity contribution in [3.63, 3.8) is 0 Å². The molecule has 1 aromatic rings. The Morgan fingerprint density at radius 1 is 1.10 bits per heavy atom. The molecule has 0 amide bonds. The van der Waals surface area contributed by atoms with E-state index in [1.807, 2.05) is 0 Å². The van der Waals surface area contributed by atoms with Crippen molar-refractivity contribution in [2.75, 3.05) is 52.5 Å². The molecule has 0 unspecified atom stereocenters. The van der Waals surface area contributed by atoms with Gasteiger partial charge in [-0.05, 0) is 6.07 Å². The van der Waals surface area contributed by atoms with Crippen LogP contribution in [0.2, 0.25) is 0 Å². The van der Waals surface area contributed by atoms with E-state index in [9.17, 15) is 10.1 Å². The molecular formula is C13H20N2O6. The van der Waals surface area contributed by atoms with Gasteiger partial charge in [0.1, 0.15) is 12.4 Å². The maximum Gasteiger partial charge on any atom is 0.273 e. The molecule has 0 aliphatic carbocycles. The Hall–Kier alpha value is -1.90. The standard InChI is InChI=1S/C13H20N2O6/c1-18-4-5-19-6-7-20-8-9-21-13-10-11(15(16)17)2-3-12(13)14/h2-3,10H,4-9,14H2,1H3. The van der Waals surface area contributed by atoms with Gasteiger partial charge in [-0.2, -0.15) is 0 Å². The summed E-state index contributed by atoms with van der Waals surface area (Å²) in [7, 11) is 1.61. The number of anilines is 1. The molecule has 0 saturated heterocycles. The Bertz CT molecular complexity index is 441. The van der Waals surface area contributed by atoms with Gasteiger partial charge in [0.05, 0.1) is 49.7 Å². The van der Waals surface area contributed by atoms with Gasteiger partial charge in [-0.3, -0.25) is 10.1 Å². The molecule has 0 fully saturated rings. The third-order valence-electron chi connectivity index (χ3n) is 2.50. The molecule has 1 rings (SSSR count). The summed E-state index contributed by atoms with van der Waals surface area (Å²) in [6.45, 7) is 2.59. The van der Waals surface area contributed by atoms with Crippen molar-refractivity contribution in [3.05, 3.63) is 28.3 Å². The van der Waals surface area contributed by atoms with Crippen molar-refractivity contribution in [2.45, 2.75) is 0 Å². The van der Waals surface area contributed by atoms with E-state index in [4.69, 9.17) is 24.7 Å². The van der Waals surface area contributed by atoms with Crippen LogP contribution in [0, 0.1) is 10.1 Å². The molecule has 0 aliphatic heterocycles. The maximum atomic E-state index is 10.6. The number of nitrogen functional groups attached to an aromatic ring is 1. The van der Waals surface area contributed by atoms with E-state index in [-0.39, 0.29) is 18.0 Å². The molecule has 0 heterocycles. The molecule has 8 heteroatoms. The van der Waals surface area contributed by atoms with Gasteiger partial charge in [0, 0.05) is 13.2 Å². The number of rotatable bonds is 11. The predicted octanol–water partition coefficient (Wildman–Crippen LogP) is 1.24. The Balaban J connectivity index is 2.18. The number of ether oxygens (including phenoxy) is 4. The molecule has 0 radical (unpaired) electrons. The van der Waals surface area contributed by atoms with E-state index in [2.05, 4.69) is 0 Å². The zero-order chi connectivity index (χ0) is 15.5. The minimum absolute atomic E-state index is 0.0633. The Morgan fingerprint density at radius 2 is 1.71 bits per heavy atom. The van der Waals surface area contributed by atoms with Crippen LogP contribution in [-0.4, -0.2) is 51.7 Å². The molecule has 118 valence electrons. The Morgan fingerprint density at radius 3 is 2.33 bits per heavy atom. The van der Waals surface area contributed by atoms with Gasteiger partial charge in [-0.15, -0.1) is 0 Å². The molecular weight excluding hydrogens is 280 g/mol. The molecule has 21 heavy (non-hydrogen) atoms. The normalized spacial score (nSPS) is 10.5. The van der Waals surface area contributed by atoms with Gasteiger partial charge < -0.3 is 24.7 Å². The van der Waals surface area contributed by atoms with Crippen LogP contribution >= 0.6 is 0 Å². The fraction of sp³-hybridized carbons (Fsp3) is 0.538. The highest BCUT2D eigenvalue weighted by Crippen LogP contribution is 2.26. The summed E-state index contributed by atoms with van der Waals surface area (Å²) in [5, 5.41) is 10.6. The van der Waals surface area contributed by atoms with E-state index in [1.54, 1.807) is 7.11 Å². The minimum atomic E-state index is -0.500. The highest BCUT2D eigenvalue weighted by Gasteiger charge is 2.09. The number of nitrogens with two attached hydrogens (primary N) is 1. The predicted molar refractivity (Wildman–Crippen MR) is 76.5 cm³/mol. The number of benzene rings is 1. The van der Waals surface area contributed by atoms with Crippen LogP contribution in [0.25, 0.3) is 0 Å². The van der Waals surface area contributed by atoms with Crippen molar-refractivity contribution in [1.82, 2.24) is 0 Å².